The molecule has 0 aliphatic rings. The average Bonchev–Trinajstić information content (AvgIpc) is 2.65. The summed E-state index contributed by atoms with van der Waals surface area (Å²) < 4.78 is 1.72. The van der Waals surface area contributed by atoms with Gasteiger partial charge in [0.1, 0.15) is 11.1 Å². The van der Waals surface area contributed by atoms with E-state index in [4.69, 9.17) is 5.26 Å². The second-order valence-corrected chi connectivity index (χ2v) is 3.90. The third-order valence-electron chi connectivity index (χ3n) is 1.65. The van der Waals surface area contributed by atoms with E-state index in [0.717, 1.165) is 9.92 Å². The number of nitrogens with zero attached hydrogens (tertiary/aromatic N) is 5. The molecule has 0 fully saturated rings. The molecule has 0 atom stereocenters. The molecule has 0 aliphatic carbocycles. The van der Waals surface area contributed by atoms with Gasteiger partial charge in [-0.05, 0) is 0 Å². The molecule has 0 unspecified atom stereocenters. The predicted molar refractivity (Wildman–Crippen MR) is 54.1 cm³/mol. The highest BCUT2D eigenvalue weighted by molar-refractivity contribution is 7.99. The van der Waals surface area contributed by atoms with Crippen molar-refractivity contribution in [1.82, 2.24) is 19.7 Å². The van der Waals surface area contributed by atoms with E-state index in [0.29, 0.717) is 5.69 Å². The van der Waals surface area contributed by atoms with E-state index in [2.05, 4.69) is 15.1 Å². The predicted octanol–water partition coefficient (Wildman–Crippen LogP) is 1.23. The SMILES string of the molecule is Cn1cc(Sc2cnc(C#N)cn2)cn1. The lowest BCUT2D eigenvalue weighted by atomic mass is 10.5. The first-order chi connectivity index (χ1) is 7.28. The number of aryl methyl sites for hydroxylation is 1. The molecule has 0 saturated carbocycles. The summed E-state index contributed by atoms with van der Waals surface area (Å²) in [6, 6.07) is 1.92. The third kappa shape index (κ3) is 2.33. The molecule has 0 spiro atoms. The van der Waals surface area contributed by atoms with Gasteiger partial charge in [0.05, 0.1) is 23.5 Å². The van der Waals surface area contributed by atoms with Gasteiger partial charge in [-0.25, -0.2) is 9.97 Å². The molecule has 0 aliphatic heterocycles. The number of nitriles is 1. The fourth-order valence-electron chi connectivity index (χ4n) is 0.999. The Morgan fingerprint density at radius 3 is 2.73 bits per heavy atom. The number of aromatic nitrogens is 4. The highest BCUT2D eigenvalue weighted by atomic mass is 32.2. The topological polar surface area (TPSA) is 67.4 Å². The second kappa shape index (κ2) is 4.11. The standard InChI is InChI=1S/C9H7N5S/c1-14-6-8(4-13-14)15-9-5-11-7(2-10)3-12-9/h3-6H,1H3. The molecule has 2 heterocycles. The molecule has 0 amide bonds. The Hall–Kier alpha value is -1.87. The number of rotatable bonds is 2. The van der Waals surface area contributed by atoms with Gasteiger partial charge in [-0.2, -0.15) is 10.4 Å². The van der Waals surface area contributed by atoms with Crippen LogP contribution in [0.25, 0.3) is 0 Å². The first kappa shape index (κ1) is 9.68. The van der Waals surface area contributed by atoms with Crippen LogP contribution in [0.5, 0.6) is 0 Å². The molecular formula is C9H7N5S. The Morgan fingerprint density at radius 2 is 2.20 bits per heavy atom. The lowest BCUT2D eigenvalue weighted by molar-refractivity contribution is 0.766. The molecule has 0 bridgehead atoms. The second-order valence-electron chi connectivity index (χ2n) is 2.80. The van der Waals surface area contributed by atoms with Crippen LogP contribution < -0.4 is 0 Å². The van der Waals surface area contributed by atoms with Gasteiger partial charge >= 0.3 is 0 Å². The first-order valence-electron chi connectivity index (χ1n) is 4.16. The van der Waals surface area contributed by atoms with Gasteiger partial charge in [0, 0.05) is 13.2 Å². The third-order valence-corrected chi connectivity index (χ3v) is 2.51. The molecular weight excluding hydrogens is 210 g/mol. The van der Waals surface area contributed by atoms with E-state index in [1.54, 1.807) is 17.1 Å². The average molecular weight is 217 g/mol. The van der Waals surface area contributed by atoms with Gasteiger partial charge in [-0.1, -0.05) is 11.8 Å². The minimum Gasteiger partial charge on any atom is -0.275 e. The lowest BCUT2D eigenvalue weighted by Gasteiger charge is -1.95. The van der Waals surface area contributed by atoms with Crippen LogP contribution in [0.2, 0.25) is 0 Å². The smallest absolute Gasteiger partial charge is 0.158 e. The molecule has 6 heteroatoms. The van der Waals surface area contributed by atoms with E-state index >= 15 is 0 Å². The van der Waals surface area contributed by atoms with Gasteiger partial charge in [0.15, 0.2) is 5.69 Å². The van der Waals surface area contributed by atoms with E-state index < -0.39 is 0 Å². The number of hydrogen-bond acceptors (Lipinski definition) is 5. The normalized spacial score (nSPS) is 9.87. The van der Waals surface area contributed by atoms with Gasteiger partial charge in [0.2, 0.25) is 0 Å². The van der Waals surface area contributed by atoms with Crippen LogP contribution >= 0.6 is 11.8 Å². The van der Waals surface area contributed by atoms with Gasteiger partial charge in [-0.15, -0.1) is 0 Å². The molecule has 0 aromatic carbocycles. The van der Waals surface area contributed by atoms with Crippen molar-refractivity contribution in [2.24, 2.45) is 7.05 Å². The lowest BCUT2D eigenvalue weighted by Crippen LogP contribution is -1.86. The van der Waals surface area contributed by atoms with E-state index in [1.807, 2.05) is 19.3 Å². The summed E-state index contributed by atoms with van der Waals surface area (Å²) in [6.45, 7) is 0. The summed E-state index contributed by atoms with van der Waals surface area (Å²) >= 11 is 1.46. The zero-order chi connectivity index (χ0) is 10.7. The quantitative estimate of drug-likeness (QED) is 0.756. The van der Waals surface area contributed by atoms with Gasteiger partial charge in [-0.3, -0.25) is 4.68 Å². The van der Waals surface area contributed by atoms with Crippen LogP contribution in [0, 0.1) is 11.3 Å². The van der Waals surface area contributed by atoms with Crippen LogP contribution in [0.15, 0.2) is 34.7 Å². The fourth-order valence-corrected chi connectivity index (χ4v) is 1.76. The summed E-state index contributed by atoms with van der Waals surface area (Å²) in [5.41, 5.74) is 0.325. The molecule has 2 aromatic rings. The van der Waals surface area contributed by atoms with Gasteiger partial charge < -0.3 is 0 Å². The fraction of sp³-hybridized carbons (Fsp3) is 0.111. The van der Waals surface area contributed by atoms with E-state index in [9.17, 15) is 0 Å². The van der Waals surface area contributed by atoms with Crippen LogP contribution in [0.4, 0.5) is 0 Å². The minimum atomic E-state index is 0.325. The molecule has 2 rings (SSSR count). The maximum absolute atomic E-state index is 8.55. The summed E-state index contributed by atoms with van der Waals surface area (Å²) in [5, 5.41) is 13.3. The van der Waals surface area contributed by atoms with Crippen LogP contribution in [0.1, 0.15) is 5.69 Å². The molecule has 5 nitrogen and oxygen atoms in total. The van der Waals surface area contributed by atoms with Crippen molar-refractivity contribution in [1.29, 1.82) is 5.26 Å². The molecule has 15 heavy (non-hydrogen) atoms. The Bertz CT molecular complexity index is 496. The Kier molecular flexibility index (Phi) is 2.65. The van der Waals surface area contributed by atoms with Crippen LogP contribution in [-0.4, -0.2) is 19.7 Å². The van der Waals surface area contributed by atoms with Crippen LogP contribution in [0.3, 0.4) is 0 Å². The monoisotopic (exact) mass is 217 g/mol. The van der Waals surface area contributed by atoms with Crippen LogP contribution in [-0.2, 0) is 7.05 Å². The van der Waals surface area contributed by atoms with E-state index in [-0.39, 0.29) is 0 Å². The summed E-state index contributed by atoms with van der Waals surface area (Å²) in [6.07, 6.45) is 6.68. The molecule has 0 N–H and O–H groups in total. The van der Waals surface area contributed by atoms with Crippen molar-refractivity contribution in [3.8, 4) is 6.07 Å². The van der Waals surface area contributed by atoms with Crippen molar-refractivity contribution in [2.45, 2.75) is 9.92 Å². The molecule has 0 saturated heterocycles. The zero-order valence-corrected chi connectivity index (χ0v) is 8.77. The highest BCUT2D eigenvalue weighted by Crippen LogP contribution is 2.23. The Morgan fingerprint density at radius 1 is 1.33 bits per heavy atom. The van der Waals surface area contributed by atoms with Crippen molar-refractivity contribution in [3.63, 3.8) is 0 Å². The van der Waals surface area contributed by atoms with Crippen molar-refractivity contribution < 1.29 is 0 Å². The molecule has 2 aromatic heterocycles. The summed E-state index contributed by atoms with van der Waals surface area (Å²) in [4.78, 5) is 9.02. The first-order valence-corrected chi connectivity index (χ1v) is 4.98. The minimum absolute atomic E-state index is 0.325. The van der Waals surface area contributed by atoms with Gasteiger partial charge in [0.25, 0.3) is 0 Å². The Labute approximate surface area is 90.8 Å². The molecule has 74 valence electrons. The largest absolute Gasteiger partial charge is 0.275 e. The highest BCUT2D eigenvalue weighted by Gasteiger charge is 2.01. The molecule has 0 radical (unpaired) electrons. The van der Waals surface area contributed by atoms with Crippen molar-refractivity contribution in [3.05, 3.63) is 30.5 Å². The van der Waals surface area contributed by atoms with Crippen molar-refractivity contribution >= 4 is 11.8 Å². The summed E-state index contributed by atoms with van der Waals surface area (Å²) in [5.74, 6) is 0. The zero-order valence-electron chi connectivity index (χ0n) is 7.95. The van der Waals surface area contributed by atoms with E-state index in [1.165, 1.54) is 18.0 Å². The number of hydrogen-bond donors (Lipinski definition) is 0. The maximum atomic E-state index is 8.55. The summed E-state index contributed by atoms with van der Waals surface area (Å²) in [7, 11) is 1.86. The van der Waals surface area contributed by atoms with Crippen molar-refractivity contribution in [2.75, 3.05) is 0 Å². The maximum Gasteiger partial charge on any atom is 0.158 e. The Balaban J connectivity index is 2.15.